The van der Waals surface area contributed by atoms with Crippen molar-refractivity contribution >= 4 is 17.5 Å². The second-order valence-electron chi connectivity index (χ2n) is 7.26. The molecule has 0 bridgehead atoms. The summed E-state index contributed by atoms with van der Waals surface area (Å²) in [6.07, 6.45) is 0.0848. The molecular weight excluding hydrogens is 330 g/mol. The Morgan fingerprint density at radius 2 is 1.54 bits per heavy atom. The van der Waals surface area contributed by atoms with E-state index >= 15 is 0 Å². The van der Waals surface area contributed by atoms with Crippen LogP contribution >= 0.6 is 0 Å². The molecule has 0 aliphatic heterocycles. The van der Waals surface area contributed by atoms with Crippen LogP contribution in [0.3, 0.4) is 0 Å². The van der Waals surface area contributed by atoms with Crippen molar-refractivity contribution in [3.05, 3.63) is 53.9 Å². The van der Waals surface area contributed by atoms with E-state index in [1.807, 2.05) is 34.6 Å². The van der Waals surface area contributed by atoms with Gasteiger partial charge >= 0.3 is 0 Å². The molecule has 0 aliphatic carbocycles. The van der Waals surface area contributed by atoms with Gasteiger partial charge in [0.1, 0.15) is 17.1 Å². The van der Waals surface area contributed by atoms with E-state index in [0.29, 0.717) is 5.69 Å². The van der Waals surface area contributed by atoms with Gasteiger partial charge in [0.25, 0.3) is 11.8 Å². The number of pyridine rings is 1. The van der Waals surface area contributed by atoms with Gasteiger partial charge in [-0.15, -0.1) is 0 Å². The minimum Gasteiger partial charge on any atom is -0.491 e. The molecule has 0 spiro atoms. The fraction of sp³-hybridized carbons (Fsp3) is 0.350. The van der Waals surface area contributed by atoms with E-state index in [0.717, 1.165) is 5.75 Å². The molecule has 0 radical (unpaired) electrons. The van der Waals surface area contributed by atoms with Crippen LogP contribution in [0.25, 0.3) is 0 Å². The lowest BCUT2D eigenvalue weighted by Gasteiger charge is -2.20. The lowest BCUT2D eigenvalue weighted by Crippen LogP contribution is -2.41. The Morgan fingerprint density at radius 3 is 2.08 bits per heavy atom. The molecule has 0 fully saturated rings. The highest BCUT2D eigenvalue weighted by atomic mass is 16.5. The van der Waals surface area contributed by atoms with Gasteiger partial charge in [-0.25, -0.2) is 4.98 Å². The molecule has 1 aromatic heterocycles. The Balaban J connectivity index is 2.08. The van der Waals surface area contributed by atoms with Crippen molar-refractivity contribution in [1.82, 2.24) is 10.3 Å². The molecule has 6 heteroatoms. The van der Waals surface area contributed by atoms with Gasteiger partial charge in [-0.05, 0) is 71.0 Å². The summed E-state index contributed by atoms with van der Waals surface area (Å²) in [5.74, 6) is 0.0345. The standard InChI is InChI=1S/C20H25N3O3/c1-13(2)26-15-11-9-14(10-12-15)21-18(24)16-7-6-8-17(22-16)19(25)23-20(3,4)5/h6-13H,1-5H3,(H,21,24)(H,23,25). The first kappa shape index (κ1) is 19.4. The van der Waals surface area contributed by atoms with Crippen LogP contribution < -0.4 is 15.4 Å². The summed E-state index contributed by atoms with van der Waals surface area (Å²) in [6, 6.07) is 11.9. The van der Waals surface area contributed by atoms with Crippen molar-refractivity contribution in [2.24, 2.45) is 0 Å². The monoisotopic (exact) mass is 355 g/mol. The van der Waals surface area contributed by atoms with Crippen LogP contribution in [0.1, 0.15) is 55.6 Å². The van der Waals surface area contributed by atoms with E-state index in [-0.39, 0.29) is 34.8 Å². The van der Waals surface area contributed by atoms with Gasteiger partial charge in [0.15, 0.2) is 0 Å². The molecule has 2 rings (SSSR count). The van der Waals surface area contributed by atoms with Crippen LogP contribution in [-0.4, -0.2) is 28.4 Å². The number of ether oxygens (including phenoxy) is 1. The quantitative estimate of drug-likeness (QED) is 0.858. The Bertz CT molecular complexity index is 778. The third-order valence-corrected chi connectivity index (χ3v) is 3.19. The molecule has 1 aromatic carbocycles. The maximum Gasteiger partial charge on any atom is 0.274 e. The lowest BCUT2D eigenvalue weighted by molar-refractivity contribution is 0.0914. The highest BCUT2D eigenvalue weighted by Gasteiger charge is 2.17. The molecule has 138 valence electrons. The van der Waals surface area contributed by atoms with Crippen molar-refractivity contribution in [3.8, 4) is 5.75 Å². The second kappa shape index (κ2) is 7.99. The van der Waals surface area contributed by atoms with Crippen LogP contribution in [0, 0.1) is 0 Å². The summed E-state index contributed by atoms with van der Waals surface area (Å²) < 4.78 is 5.57. The van der Waals surface area contributed by atoms with Crippen molar-refractivity contribution in [2.45, 2.75) is 46.3 Å². The number of aromatic nitrogens is 1. The Hall–Kier alpha value is -2.89. The van der Waals surface area contributed by atoms with Gasteiger partial charge in [0, 0.05) is 11.2 Å². The number of hydrogen-bond acceptors (Lipinski definition) is 4. The van der Waals surface area contributed by atoms with Crippen LogP contribution in [0.15, 0.2) is 42.5 Å². The molecule has 2 N–H and O–H groups in total. The third kappa shape index (κ3) is 5.88. The van der Waals surface area contributed by atoms with Gasteiger partial charge in [0.05, 0.1) is 6.10 Å². The smallest absolute Gasteiger partial charge is 0.274 e. The van der Waals surface area contributed by atoms with Gasteiger partial charge in [-0.1, -0.05) is 6.07 Å². The highest BCUT2D eigenvalue weighted by Crippen LogP contribution is 2.17. The minimum atomic E-state index is -0.382. The zero-order valence-corrected chi connectivity index (χ0v) is 15.8. The molecule has 1 heterocycles. The number of nitrogens with zero attached hydrogens (tertiary/aromatic N) is 1. The van der Waals surface area contributed by atoms with Gasteiger partial charge in [0.2, 0.25) is 0 Å². The first-order valence-electron chi connectivity index (χ1n) is 8.52. The van der Waals surface area contributed by atoms with Crippen molar-refractivity contribution in [1.29, 1.82) is 0 Å². The second-order valence-corrected chi connectivity index (χ2v) is 7.26. The molecule has 2 amide bonds. The van der Waals surface area contributed by atoms with Gasteiger partial charge in [-0.3, -0.25) is 9.59 Å². The molecule has 0 saturated carbocycles. The van der Waals surface area contributed by atoms with Crippen LogP contribution in [-0.2, 0) is 0 Å². The molecule has 0 saturated heterocycles. The average Bonchev–Trinajstić information content (AvgIpc) is 2.55. The molecule has 2 aromatic rings. The van der Waals surface area contributed by atoms with E-state index in [2.05, 4.69) is 15.6 Å². The fourth-order valence-electron chi connectivity index (χ4n) is 2.18. The topological polar surface area (TPSA) is 80.3 Å². The normalized spacial score (nSPS) is 11.2. The summed E-state index contributed by atoms with van der Waals surface area (Å²) in [7, 11) is 0. The molecular formula is C20H25N3O3. The fourth-order valence-corrected chi connectivity index (χ4v) is 2.18. The van der Waals surface area contributed by atoms with Crippen LogP contribution in [0.2, 0.25) is 0 Å². The molecule has 0 unspecified atom stereocenters. The summed E-state index contributed by atoms with van der Waals surface area (Å²) in [6.45, 7) is 9.55. The number of amides is 2. The number of benzene rings is 1. The number of rotatable bonds is 5. The van der Waals surface area contributed by atoms with Crippen molar-refractivity contribution in [3.63, 3.8) is 0 Å². The van der Waals surface area contributed by atoms with Gasteiger partial charge in [-0.2, -0.15) is 0 Å². The first-order chi connectivity index (χ1) is 12.1. The third-order valence-electron chi connectivity index (χ3n) is 3.19. The number of hydrogen-bond donors (Lipinski definition) is 2. The Kier molecular flexibility index (Phi) is 5.97. The number of carbonyl (C=O) groups is 2. The van der Waals surface area contributed by atoms with Crippen LogP contribution in [0.5, 0.6) is 5.75 Å². The van der Waals surface area contributed by atoms with E-state index < -0.39 is 0 Å². The molecule has 26 heavy (non-hydrogen) atoms. The first-order valence-corrected chi connectivity index (χ1v) is 8.52. The van der Waals surface area contributed by atoms with Crippen LogP contribution in [0.4, 0.5) is 5.69 Å². The van der Waals surface area contributed by atoms with E-state index in [1.165, 1.54) is 0 Å². The summed E-state index contributed by atoms with van der Waals surface area (Å²) in [5.41, 5.74) is 0.622. The number of nitrogens with one attached hydrogen (secondary N) is 2. The molecule has 0 aliphatic rings. The predicted molar refractivity (Wildman–Crippen MR) is 102 cm³/mol. The summed E-state index contributed by atoms with van der Waals surface area (Å²) in [4.78, 5) is 28.8. The van der Waals surface area contributed by atoms with Gasteiger partial charge < -0.3 is 15.4 Å². The summed E-state index contributed by atoms with van der Waals surface area (Å²) >= 11 is 0. The zero-order valence-electron chi connectivity index (χ0n) is 15.8. The largest absolute Gasteiger partial charge is 0.491 e. The maximum atomic E-state index is 12.4. The minimum absolute atomic E-state index is 0.0848. The highest BCUT2D eigenvalue weighted by molar-refractivity contribution is 6.03. The van der Waals surface area contributed by atoms with Crippen molar-refractivity contribution < 1.29 is 14.3 Å². The average molecular weight is 355 g/mol. The SMILES string of the molecule is CC(C)Oc1ccc(NC(=O)c2cccc(C(=O)NC(C)(C)C)n2)cc1. The molecule has 0 atom stereocenters. The van der Waals surface area contributed by atoms with Crippen molar-refractivity contribution in [2.75, 3.05) is 5.32 Å². The zero-order chi connectivity index (χ0) is 19.3. The molecule has 6 nitrogen and oxygen atoms in total. The predicted octanol–water partition coefficient (Wildman–Crippen LogP) is 3.65. The Labute approximate surface area is 154 Å². The van der Waals surface area contributed by atoms with E-state index in [9.17, 15) is 9.59 Å². The van der Waals surface area contributed by atoms with E-state index in [4.69, 9.17) is 4.74 Å². The lowest BCUT2D eigenvalue weighted by atomic mass is 10.1. The Morgan fingerprint density at radius 1 is 0.962 bits per heavy atom. The number of anilines is 1. The summed E-state index contributed by atoms with van der Waals surface area (Å²) in [5, 5.41) is 5.59. The maximum absolute atomic E-state index is 12.4. The van der Waals surface area contributed by atoms with E-state index in [1.54, 1.807) is 42.5 Å². The number of carbonyl (C=O) groups excluding carboxylic acids is 2.